The van der Waals surface area contributed by atoms with Gasteiger partial charge in [0.1, 0.15) is 5.52 Å². The van der Waals surface area contributed by atoms with Crippen LogP contribution in [0.1, 0.15) is 5.56 Å². The van der Waals surface area contributed by atoms with Crippen LogP contribution in [-0.4, -0.2) is 15.2 Å². The smallest absolute Gasteiger partial charge is 0.182 e. The molecule has 0 fully saturated rings. The molecule has 0 aliphatic carbocycles. The minimum Gasteiger partial charge on any atom is -0.225 e. The molecule has 0 aliphatic heterocycles. The quantitative estimate of drug-likeness (QED) is 0.666. The maximum atomic E-state index is 5.96. The van der Waals surface area contributed by atoms with Crippen molar-refractivity contribution in [1.82, 2.24) is 15.2 Å². The average molecular weight is 256 g/mol. The largest absolute Gasteiger partial charge is 0.225 e. The number of benzene rings is 2. The SMILES string of the molecule is Cc1ccc2nc(-c3cccc(Cl)c3)nnc2c1. The molecule has 88 valence electrons. The number of halogens is 1. The van der Waals surface area contributed by atoms with Crippen LogP contribution in [0.15, 0.2) is 42.5 Å². The summed E-state index contributed by atoms with van der Waals surface area (Å²) >= 11 is 5.96. The third kappa shape index (κ3) is 2.05. The van der Waals surface area contributed by atoms with Crippen LogP contribution in [0.5, 0.6) is 0 Å². The van der Waals surface area contributed by atoms with Gasteiger partial charge in [-0.15, -0.1) is 10.2 Å². The molecule has 1 heterocycles. The van der Waals surface area contributed by atoms with Gasteiger partial charge in [0.2, 0.25) is 0 Å². The fraction of sp³-hybridized carbons (Fsp3) is 0.0714. The summed E-state index contributed by atoms with van der Waals surface area (Å²) in [7, 11) is 0. The van der Waals surface area contributed by atoms with E-state index >= 15 is 0 Å². The second-order valence-corrected chi connectivity index (χ2v) is 4.57. The van der Waals surface area contributed by atoms with Crippen molar-refractivity contribution in [2.45, 2.75) is 6.92 Å². The minimum absolute atomic E-state index is 0.592. The van der Waals surface area contributed by atoms with E-state index in [0.29, 0.717) is 10.8 Å². The van der Waals surface area contributed by atoms with Crippen LogP contribution >= 0.6 is 11.6 Å². The highest BCUT2D eigenvalue weighted by Crippen LogP contribution is 2.20. The van der Waals surface area contributed by atoms with E-state index in [4.69, 9.17) is 11.6 Å². The fourth-order valence-corrected chi connectivity index (χ4v) is 1.99. The van der Waals surface area contributed by atoms with Crippen molar-refractivity contribution in [2.24, 2.45) is 0 Å². The van der Waals surface area contributed by atoms with Crippen LogP contribution in [0.25, 0.3) is 22.4 Å². The number of rotatable bonds is 1. The van der Waals surface area contributed by atoms with E-state index in [9.17, 15) is 0 Å². The molecule has 4 heteroatoms. The molecule has 0 atom stereocenters. The summed E-state index contributed by atoms with van der Waals surface area (Å²) in [5.41, 5.74) is 3.66. The van der Waals surface area contributed by atoms with Crippen molar-refractivity contribution >= 4 is 22.6 Å². The lowest BCUT2D eigenvalue weighted by molar-refractivity contribution is 1.03. The molecule has 0 N–H and O–H groups in total. The van der Waals surface area contributed by atoms with Crippen LogP contribution in [0, 0.1) is 6.92 Å². The second kappa shape index (κ2) is 4.35. The third-order valence-electron chi connectivity index (χ3n) is 2.69. The predicted octanol–water partition coefficient (Wildman–Crippen LogP) is 3.65. The average Bonchev–Trinajstić information content (AvgIpc) is 2.38. The Bertz CT molecular complexity index is 725. The molecule has 18 heavy (non-hydrogen) atoms. The van der Waals surface area contributed by atoms with Crippen LogP contribution in [0.4, 0.5) is 0 Å². The Labute approximate surface area is 109 Å². The van der Waals surface area contributed by atoms with Gasteiger partial charge in [0, 0.05) is 10.6 Å². The van der Waals surface area contributed by atoms with E-state index in [1.165, 1.54) is 0 Å². The summed E-state index contributed by atoms with van der Waals surface area (Å²) in [5.74, 6) is 0.592. The van der Waals surface area contributed by atoms with Gasteiger partial charge in [-0.3, -0.25) is 0 Å². The Hall–Kier alpha value is -2.00. The molecule has 0 amide bonds. The first-order valence-corrected chi connectivity index (χ1v) is 5.97. The van der Waals surface area contributed by atoms with Gasteiger partial charge in [-0.2, -0.15) is 0 Å². The van der Waals surface area contributed by atoms with Gasteiger partial charge in [-0.05, 0) is 36.8 Å². The van der Waals surface area contributed by atoms with Crippen molar-refractivity contribution in [3.05, 3.63) is 53.1 Å². The highest BCUT2D eigenvalue weighted by Gasteiger charge is 2.05. The van der Waals surface area contributed by atoms with Crippen molar-refractivity contribution in [1.29, 1.82) is 0 Å². The molecule has 0 unspecified atom stereocenters. The first kappa shape index (κ1) is 11.1. The zero-order chi connectivity index (χ0) is 12.5. The number of hydrogen-bond donors (Lipinski definition) is 0. The number of hydrogen-bond acceptors (Lipinski definition) is 3. The van der Waals surface area contributed by atoms with Crippen LogP contribution < -0.4 is 0 Å². The molecule has 0 aliphatic rings. The van der Waals surface area contributed by atoms with Crippen LogP contribution in [0.2, 0.25) is 5.02 Å². The first-order valence-electron chi connectivity index (χ1n) is 5.59. The van der Waals surface area contributed by atoms with E-state index in [1.54, 1.807) is 0 Å². The lowest BCUT2D eigenvalue weighted by Crippen LogP contribution is -1.94. The van der Waals surface area contributed by atoms with Crippen LogP contribution in [-0.2, 0) is 0 Å². The van der Waals surface area contributed by atoms with Gasteiger partial charge >= 0.3 is 0 Å². The van der Waals surface area contributed by atoms with E-state index < -0.39 is 0 Å². The van der Waals surface area contributed by atoms with Crippen LogP contribution in [0.3, 0.4) is 0 Å². The highest BCUT2D eigenvalue weighted by atomic mass is 35.5. The zero-order valence-corrected chi connectivity index (χ0v) is 10.5. The summed E-state index contributed by atoms with van der Waals surface area (Å²) in [6, 6.07) is 13.4. The lowest BCUT2D eigenvalue weighted by atomic mass is 10.2. The van der Waals surface area contributed by atoms with Gasteiger partial charge in [-0.1, -0.05) is 29.8 Å². The molecule has 2 aromatic carbocycles. The van der Waals surface area contributed by atoms with Gasteiger partial charge in [0.15, 0.2) is 5.82 Å². The van der Waals surface area contributed by atoms with Crippen molar-refractivity contribution in [3.8, 4) is 11.4 Å². The maximum Gasteiger partial charge on any atom is 0.182 e. The summed E-state index contributed by atoms with van der Waals surface area (Å²) in [6.07, 6.45) is 0. The molecule has 0 spiro atoms. The Morgan fingerprint density at radius 3 is 2.67 bits per heavy atom. The van der Waals surface area contributed by atoms with E-state index in [0.717, 1.165) is 22.2 Å². The summed E-state index contributed by atoms with van der Waals surface area (Å²) in [5, 5.41) is 9.00. The monoisotopic (exact) mass is 255 g/mol. The number of nitrogens with zero attached hydrogens (tertiary/aromatic N) is 3. The normalized spacial score (nSPS) is 10.8. The van der Waals surface area contributed by atoms with Crippen molar-refractivity contribution < 1.29 is 0 Å². The standard InChI is InChI=1S/C14H10ClN3/c1-9-5-6-12-13(7-9)17-18-14(16-12)10-3-2-4-11(15)8-10/h2-8H,1H3. The molecular weight excluding hydrogens is 246 g/mol. The molecule has 3 aromatic rings. The molecule has 0 bridgehead atoms. The fourth-order valence-electron chi connectivity index (χ4n) is 1.80. The minimum atomic E-state index is 0.592. The predicted molar refractivity (Wildman–Crippen MR) is 72.5 cm³/mol. The summed E-state index contributed by atoms with van der Waals surface area (Å²) in [4.78, 5) is 4.50. The number of fused-ring (bicyclic) bond motifs is 1. The Morgan fingerprint density at radius 1 is 0.944 bits per heavy atom. The molecule has 1 aromatic heterocycles. The van der Waals surface area contributed by atoms with E-state index in [-0.39, 0.29) is 0 Å². The highest BCUT2D eigenvalue weighted by molar-refractivity contribution is 6.30. The number of aryl methyl sites for hydroxylation is 1. The van der Waals surface area contributed by atoms with Gasteiger partial charge in [-0.25, -0.2) is 4.98 Å². The Kier molecular flexibility index (Phi) is 2.68. The maximum absolute atomic E-state index is 5.96. The van der Waals surface area contributed by atoms with Gasteiger partial charge in [0.25, 0.3) is 0 Å². The lowest BCUT2D eigenvalue weighted by Gasteiger charge is -2.02. The van der Waals surface area contributed by atoms with Gasteiger partial charge in [0.05, 0.1) is 5.52 Å². The molecule has 0 saturated carbocycles. The van der Waals surface area contributed by atoms with E-state index in [1.807, 2.05) is 49.4 Å². The molecule has 3 rings (SSSR count). The van der Waals surface area contributed by atoms with Gasteiger partial charge < -0.3 is 0 Å². The third-order valence-corrected chi connectivity index (χ3v) is 2.93. The van der Waals surface area contributed by atoms with Crippen molar-refractivity contribution in [2.75, 3.05) is 0 Å². The van der Waals surface area contributed by atoms with Crippen molar-refractivity contribution in [3.63, 3.8) is 0 Å². The topological polar surface area (TPSA) is 38.7 Å². The first-order chi connectivity index (χ1) is 8.72. The Balaban J connectivity index is 2.16. The summed E-state index contributed by atoms with van der Waals surface area (Å²) < 4.78 is 0. The number of aromatic nitrogens is 3. The zero-order valence-electron chi connectivity index (χ0n) is 9.76. The Morgan fingerprint density at radius 2 is 1.83 bits per heavy atom. The molecule has 0 saturated heterocycles. The molecule has 3 nitrogen and oxygen atoms in total. The summed E-state index contributed by atoms with van der Waals surface area (Å²) in [6.45, 7) is 2.02. The van der Waals surface area contributed by atoms with E-state index in [2.05, 4.69) is 15.2 Å². The second-order valence-electron chi connectivity index (χ2n) is 4.14. The molecular formula is C14H10ClN3. The molecule has 0 radical (unpaired) electrons.